The lowest BCUT2D eigenvalue weighted by Crippen LogP contribution is -2.41. The average molecular weight is 752 g/mol. The van der Waals surface area contributed by atoms with Crippen LogP contribution in [0, 0.1) is 6.92 Å². The minimum Gasteiger partial charge on any atom is -0.611 e. The zero-order valence-electron chi connectivity index (χ0n) is 31.9. The van der Waals surface area contributed by atoms with Crippen molar-refractivity contribution in [3.63, 3.8) is 0 Å². The Morgan fingerprint density at radius 2 is 1.85 bits per heavy atom. The zero-order valence-corrected chi connectivity index (χ0v) is 32.7. The summed E-state index contributed by atoms with van der Waals surface area (Å²) in [7, 11) is 0. The third kappa shape index (κ3) is 9.38. The van der Waals surface area contributed by atoms with Gasteiger partial charge in [-0.3, -0.25) is 0 Å². The monoisotopic (exact) mass is 751 g/mol. The van der Waals surface area contributed by atoms with E-state index in [0.717, 1.165) is 119 Å². The molecule has 5 aromatic rings. The van der Waals surface area contributed by atoms with Gasteiger partial charge < -0.3 is 38.0 Å². The van der Waals surface area contributed by atoms with Crippen molar-refractivity contribution in [2.24, 2.45) is 0 Å². The molecule has 2 atom stereocenters. The van der Waals surface area contributed by atoms with Gasteiger partial charge in [0.25, 0.3) is 0 Å². The number of imidazole rings is 2. The highest BCUT2D eigenvalue weighted by atomic mass is 32.2. The van der Waals surface area contributed by atoms with Gasteiger partial charge in [-0.05, 0) is 109 Å². The molecule has 286 valence electrons. The molecule has 3 aromatic carbocycles. The number of allylic oxidation sites excluding steroid dienone is 1. The fourth-order valence-electron chi connectivity index (χ4n) is 7.17. The number of fused-ring (bicyclic) bond motifs is 2. The number of ether oxygens (including phenoxy) is 4. The largest absolute Gasteiger partial charge is 0.611 e. The van der Waals surface area contributed by atoms with Crippen LogP contribution in [0.5, 0.6) is 5.75 Å². The summed E-state index contributed by atoms with van der Waals surface area (Å²) in [6.07, 6.45) is 9.19. The SMILES string of the molecule is CCCCOCCOc1ccc(-c2ccc3c(c2)/C=C(/c2nc4cc([S+]([O-])Cc5c(C)ncn5CCC)ccc4[nH]2)CCCN3CC2COCCO2)cc1. The molecule has 1 N–H and O–H groups in total. The number of aromatic nitrogens is 4. The van der Waals surface area contributed by atoms with Gasteiger partial charge in [0.1, 0.15) is 18.2 Å². The van der Waals surface area contributed by atoms with E-state index in [0.29, 0.717) is 38.8 Å². The summed E-state index contributed by atoms with van der Waals surface area (Å²) in [6, 6.07) is 20.9. The molecular weight excluding hydrogens is 699 g/mol. The van der Waals surface area contributed by atoms with Crippen LogP contribution >= 0.6 is 0 Å². The fraction of sp³-hybridized carbons (Fsp3) is 0.442. The van der Waals surface area contributed by atoms with E-state index in [9.17, 15) is 4.55 Å². The summed E-state index contributed by atoms with van der Waals surface area (Å²) in [5, 5.41) is 0. The third-order valence-electron chi connectivity index (χ3n) is 10.1. The topological polar surface area (TPSA) is 110 Å². The predicted octanol–water partition coefficient (Wildman–Crippen LogP) is 8.20. The Balaban J connectivity index is 1.15. The first-order valence-corrected chi connectivity index (χ1v) is 20.8. The number of unbranched alkanes of at least 4 members (excludes halogenated alkanes) is 1. The molecule has 0 saturated carbocycles. The van der Waals surface area contributed by atoms with E-state index in [1.54, 1.807) is 0 Å². The number of hydrogen-bond donors (Lipinski definition) is 1. The molecule has 0 radical (unpaired) electrons. The average Bonchev–Trinajstić information content (AvgIpc) is 3.77. The maximum absolute atomic E-state index is 13.6. The Morgan fingerprint density at radius 1 is 0.981 bits per heavy atom. The van der Waals surface area contributed by atoms with Crippen molar-refractivity contribution in [1.82, 2.24) is 19.5 Å². The number of benzene rings is 3. The fourth-order valence-corrected chi connectivity index (χ4v) is 8.42. The first-order chi connectivity index (χ1) is 26.5. The summed E-state index contributed by atoms with van der Waals surface area (Å²) in [4.78, 5) is 16.4. The summed E-state index contributed by atoms with van der Waals surface area (Å²) in [6.45, 7) is 12.6. The number of hydrogen-bond acceptors (Lipinski definition) is 8. The quantitative estimate of drug-likeness (QED) is 0.0794. The van der Waals surface area contributed by atoms with E-state index < -0.39 is 11.2 Å². The second-order valence-electron chi connectivity index (χ2n) is 14.1. The molecule has 4 heterocycles. The normalized spacial score (nSPS) is 17.8. The molecule has 0 bridgehead atoms. The molecule has 0 aliphatic carbocycles. The van der Waals surface area contributed by atoms with E-state index in [1.807, 2.05) is 43.6 Å². The molecule has 0 spiro atoms. The molecule has 2 aromatic heterocycles. The molecule has 54 heavy (non-hydrogen) atoms. The van der Waals surface area contributed by atoms with Gasteiger partial charge in [0.15, 0.2) is 10.6 Å². The minimum atomic E-state index is -1.22. The van der Waals surface area contributed by atoms with E-state index >= 15 is 0 Å². The van der Waals surface area contributed by atoms with Gasteiger partial charge in [-0.25, -0.2) is 9.97 Å². The van der Waals surface area contributed by atoms with Gasteiger partial charge in [-0.1, -0.05) is 38.5 Å². The Kier molecular flexibility index (Phi) is 13.0. The molecule has 0 amide bonds. The molecule has 2 aliphatic rings. The number of H-pyrrole nitrogens is 1. The molecule has 7 rings (SSSR count). The highest BCUT2D eigenvalue weighted by Gasteiger charge is 2.24. The number of rotatable bonds is 16. The van der Waals surface area contributed by atoms with Crippen molar-refractivity contribution >= 4 is 39.5 Å². The van der Waals surface area contributed by atoms with E-state index in [1.165, 1.54) is 5.69 Å². The lowest BCUT2D eigenvalue weighted by molar-refractivity contribution is -0.0840. The van der Waals surface area contributed by atoms with Crippen molar-refractivity contribution in [1.29, 1.82) is 0 Å². The van der Waals surface area contributed by atoms with Crippen molar-refractivity contribution in [3.05, 3.63) is 89.8 Å². The van der Waals surface area contributed by atoms with Crippen LogP contribution in [0.2, 0.25) is 0 Å². The van der Waals surface area contributed by atoms with Crippen LogP contribution in [0.15, 0.2) is 71.9 Å². The standard InChI is InChI=1S/C43H53N5O5S/c1-4-6-19-50-20-22-52-36-12-9-32(10-13-36)33-11-16-41-35(24-33)25-34(8-7-18-47(41)27-37-28-51-21-23-53-37)43-45-39-15-14-38(26-40(39)46-43)54(49)29-42-31(3)44-30-48(42)17-5-2/h9-16,24-26,30,37H,4-8,17-23,27-29H2,1-3H3,(H,45,46)/b34-25+. The predicted molar refractivity (Wildman–Crippen MR) is 216 cm³/mol. The first-order valence-electron chi connectivity index (χ1n) is 19.5. The second-order valence-corrected chi connectivity index (χ2v) is 15.6. The van der Waals surface area contributed by atoms with Gasteiger partial charge in [0.05, 0.1) is 61.3 Å². The Bertz CT molecular complexity index is 2000. The highest BCUT2D eigenvalue weighted by Crippen LogP contribution is 2.35. The van der Waals surface area contributed by atoms with Crippen molar-refractivity contribution in [2.45, 2.75) is 76.2 Å². The van der Waals surface area contributed by atoms with Gasteiger partial charge in [0.2, 0.25) is 0 Å². The highest BCUT2D eigenvalue weighted by molar-refractivity contribution is 7.90. The molecule has 11 heteroatoms. The Morgan fingerprint density at radius 3 is 2.67 bits per heavy atom. The van der Waals surface area contributed by atoms with Crippen molar-refractivity contribution in [3.8, 4) is 16.9 Å². The van der Waals surface area contributed by atoms with Gasteiger partial charge in [-0.15, -0.1) is 0 Å². The second kappa shape index (κ2) is 18.5. The molecule has 10 nitrogen and oxygen atoms in total. The maximum Gasteiger partial charge on any atom is 0.155 e. The van der Waals surface area contributed by atoms with Crippen LogP contribution < -0.4 is 9.64 Å². The van der Waals surface area contributed by atoms with Crippen molar-refractivity contribution in [2.75, 3.05) is 57.6 Å². The number of anilines is 1. The van der Waals surface area contributed by atoms with Crippen LogP contribution in [0.4, 0.5) is 5.69 Å². The first kappa shape index (κ1) is 38.2. The third-order valence-corrected chi connectivity index (χ3v) is 11.4. The van der Waals surface area contributed by atoms with Gasteiger partial charge >= 0.3 is 0 Å². The molecule has 1 fully saturated rings. The van der Waals surface area contributed by atoms with Crippen LogP contribution in [-0.4, -0.2) is 82.9 Å². The summed E-state index contributed by atoms with van der Waals surface area (Å²) < 4.78 is 39.2. The lowest BCUT2D eigenvalue weighted by Gasteiger charge is -2.33. The van der Waals surface area contributed by atoms with E-state index in [4.69, 9.17) is 23.9 Å². The van der Waals surface area contributed by atoms with Crippen LogP contribution in [0.3, 0.4) is 0 Å². The Labute approximate surface area is 322 Å². The summed E-state index contributed by atoms with van der Waals surface area (Å²) in [5.41, 5.74) is 9.40. The molecular formula is C43H53N5O5S. The zero-order chi connectivity index (χ0) is 37.3. The molecule has 1 saturated heterocycles. The number of aromatic amines is 1. The summed E-state index contributed by atoms with van der Waals surface area (Å²) in [5.74, 6) is 2.11. The molecule has 2 unspecified atom stereocenters. The van der Waals surface area contributed by atoms with Crippen LogP contribution in [-0.2, 0) is 37.7 Å². The smallest absolute Gasteiger partial charge is 0.155 e. The van der Waals surface area contributed by atoms with Gasteiger partial charge in [-0.2, -0.15) is 0 Å². The lowest BCUT2D eigenvalue weighted by atomic mass is 9.96. The number of nitrogens with zero attached hydrogens (tertiary/aromatic N) is 4. The number of nitrogens with one attached hydrogen (secondary N) is 1. The van der Waals surface area contributed by atoms with Gasteiger partial charge in [0, 0.05) is 38.0 Å². The van der Waals surface area contributed by atoms with E-state index in [2.05, 4.69) is 69.7 Å². The maximum atomic E-state index is 13.6. The summed E-state index contributed by atoms with van der Waals surface area (Å²) >= 11 is -1.22. The van der Waals surface area contributed by atoms with Crippen LogP contribution in [0.1, 0.15) is 68.7 Å². The van der Waals surface area contributed by atoms with Crippen molar-refractivity contribution < 1.29 is 23.5 Å². The minimum absolute atomic E-state index is 0.0324. The number of aryl methyl sites for hydroxylation is 2. The Hall–Kier alpha value is -4.13. The van der Waals surface area contributed by atoms with Crippen LogP contribution in [0.25, 0.3) is 33.8 Å². The van der Waals surface area contributed by atoms with E-state index in [-0.39, 0.29) is 6.10 Å². The molecule has 2 aliphatic heterocycles.